The van der Waals surface area contributed by atoms with Crippen molar-refractivity contribution in [3.63, 3.8) is 0 Å². The molecule has 0 spiro atoms. The van der Waals surface area contributed by atoms with Crippen molar-refractivity contribution >= 4 is 12.2 Å². The molecule has 0 aliphatic rings. The van der Waals surface area contributed by atoms with E-state index in [0.29, 0.717) is 0 Å². The van der Waals surface area contributed by atoms with Gasteiger partial charge in [-0.2, -0.15) is 0 Å². The standard InChI is InChI=1S/C17H18O/c1-13-11-16(12-14(2)17(13)18-3)10-9-15-7-5-4-6-8-15/h4-12H,1-3H3/b10-9+. The van der Waals surface area contributed by atoms with Crippen molar-refractivity contribution in [2.24, 2.45) is 0 Å². The molecule has 0 aliphatic heterocycles. The van der Waals surface area contributed by atoms with E-state index in [2.05, 4.69) is 50.3 Å². The molecule has 0 N–H and O–H groups in total. The van der Waals surface area contributed by atoms with Gasteiger partial charge >= 0.3 is 0 Å². The van der Waals surface area contributed by atoms with E-state index in [1.807, 2.05) is 18.2 Å². The van der Waals surface area contributed by atoms with E-state index in [4.69, 9.17) is 4.74 Å². The maximum Gasteiger partial charge on any atom is 0.124 e. The molecule has 1 nitrogen and oxygen atoms in total. The van der Waals surface area contributed by atoms with Gasteiger partial charge in [0.1, 0.15) is 5.75 Å². The first-order valence-corrected chi connectivity index (χ1v) is 6.09. The lowest BCUT2D eigenvalue weighted by Crippen LogP contribution is -1.91. The number of ether oxygens (including phenoxy) is 1. The molecule has 0 atom stereocenters. The SMILES string of the molecule is COc1c(C)cc(/C=C/c2ccccc2)cc1C. The summed E-state index contributed by atoms with van der Waals surface area (Å²) in [6.07, 6.45) is 4.26. The number of hydrogen-bond acceptors (Lipinski definition) is 1. The molecule has 0 amide bonds. The Bertz CT molecular complexity index is 530. The third-order valence-electron chi connectivity index (χ3n) is 2.95. The van der Waals surface area contributed by atoms with Crippen LogP contribution < -0.4 is 4.74 Å². The second-order valence-electron chi connectivity index (χ2n) is 4.43. The zero-order chi connectivity index (χ0) is 13.0. The first kappa shape index (κ1) is 12.4. The van der Waals surface area contributed by atoms with Gasteiger partial charge in [-0.05, 0) is 48.2 Å². The lowest BCUT2D eigenvalue weighted by Gasteiger charge is -2.09. The molecule has 0 saturated carbocycles. The van der Waals surface area contributed by atoms with Crippen molar-refractivity contribution in [2.75, 3.05) is 7.11 Å². The van der Waals surface area contributed by atoms with Gasteiger partial charge in [-0.3, -0.25) is 0 Å². The van der Waals surface area contributed by atoms with Crippen LogP contribution in [0.1, 0.15) is 22.3 Å². The minimum absolute atomic E-state index is 0.979. The number of aryl methyl sites for hydroxylation is 2. The van der Waals surface area contributed by atoms with Crippen LogP contribution in [0.25, 0.3) is 12.2 Å². The van der Waals surface area contributed by atoms with Crippen LogP contribution in [0.4, 0.5) is 0 Å². The van der Waals surface area contributed by atoms with E-state index < -0.39 is 0 Å². The summed E-state index contributed by atoms with van der Waals surface area (Å²) in [5.74, 6) is 0.979. The molecular weight excluding hydrogens is 220 g/mol. The van der Waals surface area contributed by atoms with Gasteiger partial charge in [0.15, 0.2) is 0 Å². The van der Waals surface area contributed by atoms with Crippen LogP contribution in [0, 0.1) is 13.8 Å². The van der Waals surface area contributed by atoms with Crippen molar-refractivity contribution in [3.8, 4) is 5.75 Å². The summed E-state index contributed by atoms with van der Waals surface area (Å²) in [5.41, 5.74) is 4.76. The molecular formula is C17H18O. The normalized spacial score (nSPS) is 10.8. The van der Waals surface area contributed by atoms with Crippen molar-refractivity contribution in [1.82, 2.24) is 0 Å². The van der Waals surface area contributed by atoms with E-state index in [-0.39, 0.29) is 0 Å². The van der Waals surface area contributed by atoms with Gasteiger partial charge in [-0.15, -0.1) is 0 Å². The summed E-state index contributed by atoms with van der Waals surface area (Å²) in [5, 5.41) is 0. The summed E-state index contributed by atoms with van der Waals surface area (Å²) < 4.78 is 5.37. The largest absolute Gasteiger partial charge is 0.496 e. The van der Waals surface area contributed by atoms with Crippen LogP contribution in [0.3, 0.4) is 0 Å². The molecule has 0 radical (unpaired) electrons. The lowest BCUT2D eigenvalue weighted by atomic mass is 10.0. The zero-order valence-electron chi connectivity index (χ0n) is 11.1. The summed E-state index contributed by atoms with van der Waals surface area (Å²) in [6, 6.07) is 14.6. The maximum atomic E-state index is 5.37. The fourth-order valence-electron chi connectivity index (χ4n) is 2.16. The second kappa shape index (κ2) is 5.54. The quantitative estimate of drug-likeness (QED) is 0.716. The fourth-order valence-corrected chi connectivity index (χ4v) is 2.16. The summed E-state index contributed by atoms with van der Waals surface area (Å²) in [7, 11) is 1.72. The molecule has 0 bridgehead atoms. The Morgan fingerprint density at radius 3 is 1.94 bits per heavy atom. The highest BCUT2D eigenvalue weighted by Gasteiger charge is 2.03. The monoisotopic (exact) mass is 238 g/mol. The topological polar surface area (TPSA) is 9.23 Å². The van der Waals surface area contributed by atoms with E-state index >= 15 is 0 Å². The molecule has 0 aromatic heterocycles. The third-order valence-corrected chi connectivity index (χ3v) is 2.95. The Kier molecular flexibility index (Phi) is 3.83. The maximum absolute atomic E-state index is 5.37. The van der Waals surface area contributed by atoms with Crippen LogP contribution in [-0.2, 0) is 0 Å². The Balaban J connectivity index is 2.28. The van der Waals surface area contributed by atoms with Crippen LogP contribution in [0.2, 0.25) is 0 Å². The van der Waals surface area contributed by atoms with Gasteiger partial charge < -0.3 is 4.74 Å². The number of methoxy groups -OCH3 is 1. The van der Waals surface area contributed by atoms with Gasteiger partial charge in [0.2, 0.25) is 0 Å². The fraction of sp³-hybridized carbons (Fsp3) is 0.176. The third kappa shape index (κ3) is 2.80. The van der Waals surface area contributed by atoms with Crippen molar-refractivity contribution in [1.29, 1.82) is 0 Å². The summed E-state index contributed by atoms with van der Waals surface area (Å²) >= 11 is 0. The lowest BCUT2D eigenvalue weighted by molar-refractivity contribution is 0.408. The molecule has 18 heavy (non-hydrogen) atoms. The van der Waals surface area contributed by atoms with Crippen LogP contribution in [0.5, 0.6) is 5.75 Å². The smallest absolute Gasteiger partial charge is 0.124 e. The molecule has 0 saturated heterocycles. The van der Waals surface area contributed by atoms with Crippen molar-refractivity contribution in [3.05, 3.63) is 64.7 Å². The van der Waals surface area contributed by atoms with Gasteiger partial charge in [0.05, 0.1) is 7.11 Å². The van der Waals surface area contributed by atoms with Gasteiger partial charge in [0, 0.05) is 0 Å². The van der Waals surface area contributed by atoms with Gasteiger partial charge in [-0.1, -0.05) is 42.5 Å². The molecule has 0 heterocycles. The van der Waals surface area contributed by atoms with Crippen molar-refractivity contribution < 1.29 is 4.74 Å². The Morgan fingerprint density at radius 1 is 0.833 bits per heavy atom. The first-order valence-electron chi connectivity index (χ1n) is 6.09. The van der Waals surface area contributed by atoms with Gasteiger partial charge in [-0.25, -0.2) is 0 Å². The molecule has 0 aliphatic carbocycles. The van der Waals surface area contributed by atoms with Crippen LogP contribution in [-0.4, -0.2) is 7.11 Å². The molecule has 2 rings (SSSR count). The minimum Gasteiger partial charge on any atom is -0.496 e. The highest BCUT2D eigenvalue weighted by atomic mass is 16.5. The van der Waals surface area contributed by atoms with E-state index in [0.717, 1.165) is 5.75 Å². The number of benzene rings is 2. The molecule has 0 fully saturated rings. The summed E-state index contributed by atoms with van der Waals surface area (Å²) in [4.78, 5) is 0. The van der Waals surface area contributed by atoms with E-state index in [1.54, 1.807) is 7.11 Å². The minimum atomic E-state index is 0.979. The summed E-state index contributed by atoms with van der Waals surface area (Å²) in [6.45, 7) is 4.15. The predicted molar refractivity (Wildman–Crippen MR) is 77.8 cm³/mol. The van der Waals surface area contributed by atoms with E-state index in [9.17, 15) is 0 Å². The number of rotatable bonds is 3. The average Bonchev–Trinajstić information content (AvgIpc) is 2.37. The number of hydrogen-bond donors (Lipinski definition) is 0. The van der Waals surface area contributed by atoms with Gasteiger partial charge in [0.25, 0.3) is 0 Å². The Labute approximate surface area is 109 Å². The van der Waals surface area contributed by atoms with Crippen LogP contribution >= 0.6 is 0 Å². The molecule has 2 aromatic carbocycles. The molecule has 2 aromatic rings. The Hall–Kier alpha value is -2.02. The van der Waals surface area contributed by atoms with Crippen LogP contribution in [0.15, 0.2) is 42.5 Å². The Morgan fingerprint density at radius 2 is 1.39 bits per heavy atom. The molecule has 1 heteroatoms. The first-order chi connectivity index (χ1) is 8.70. The highest BCUT2D eigenvalue weighted by Crippen LogP contribution is 2.25. The zero-order valence-corrected chi connectivity index (χ0v) is 11.1. The highest BCUT2D eigenvalue weighted by molar-refractivity contribution is 5.70. The van der Waals surface area contributed by atoms with E-state index in [1.165, 1.54) is 22.3 Å². The predicted octanol–water partition coefficient (Wildman–Crippen LogP) is 4.48. The second-order valence-corrected chi connectivity index (χ2v) is 4.43. The molecule has 0 unspecified atom stereocenters. The average molecular weight is 238 g/mol. The van der Waals surface area contributed by atoms with Crippen molar-refractivity contribution in [2.45, 2.75) is 13.8 Å². The molecule has 92 valence electrons.